The monoisotopic (exact) mass is 304 g/mol. The van der Waals surface area contributed by atoms with Crippen LogP contribution >= 0.6 is 11.8 Å². The van der Waals surface area contributed by atoms with Crippen molar-refractivity contribution in [2.75, 3.05) is 11.5 Å². The molecular formula is C15H20N4OS. The Morgan fingerprint density at radius 3 is 2.90 bits per heavy atom. The van der Waals surface area contributed by atoms with Crippen LogP contribution in [-0.4, -0.2) is 32.2 Å². The highest BCUT2D eigenvalue weighted by Crippen LogP contribution is 2.09. The Morgan fingerprint density at radius 2 is 2.14 bits per heavy atom. The number of amides is 1. The molecule has 1 amide bonds. The summed E-state index contributed by atoms with van der Waals surface area (Å²) in [6.07, 6.45) is 3.97. The van der Waals surface area contributed by atoms with E-state index in [4.69, 9.17) is 0 Å². The molecule has 2 aromatic rings. The summed E-state index contributed by atoms with van der Waals surface area (Å²) in [4.78, 5) is 11.8. The fraction of sp³-hybridized carbons (Fsp3) is 0.400. The zero-order chi connectivity index (χ0) is 14.9. The van der Waals surface area contributed by atoms with Crippen LogP contribution in [0.5, 0.6) is 0 Å². The first-order valence-electron chi connectivity index (χ1n) is 7.10. The van der Waals surface area contributed by atoms with Crippen LogP contribution in [0.15, 0.2) is 36.7 Å². The number of nitrogens with one attached hydrogen (secondary N) is 1. The third kappa shape index (κ3) is 4.90. The van der Waals surface area contributed by atoms with Gasteiger partial charge in [-0.1, -0.05) is 31.5 Å². The van der Waals surface area contributed by atoms with Gasteiger partial charge in [0.2, 0.25) is 5.91 Å². The highest BCUT2D eigenvalue weighted by molar-refractivity contribution is 7.99. The van der Waals surface area contributed by atoms with Crippen molar-refractivity contribution in [1.82, 2.24) is 20.1 Å². The number of thioether (sulfide) groups is 1. The third-order valence-electron chi connectivity index (χ3n) is 2.97. The van der Waals surface area contributed by atoms with Gasteiger partial charge in [-0.05, 0) is 24.3 Å². The lowest BCUT2D eigenvalue weighted by Gasteiger charge is -2.07. The Kier molecular flexibility index (Phi) is 6.27. The van der Waals surface area contributed by atoms with Crippen molar-refractivity contribution in [3.05, 3.63) is 42.5 Å². The number of hydrogen-bond donors (Lipinski definition) is 1. The van der Waals surface area contributed by atoms with E-state index in [9.17, 15) is 4.79 Å². The van der Waals surface area contributed by atoms with Crippen LogP contribution in [0.25, 0.3) is 5.69 Å². The molecule has 0 saturated carbocycles. The summed E-state index contributed by atoms with van der Waals surface area (Å²) in [5.74, 6) is 2.30. The van der Waals surface area contributed by atoms with E-state index >= 15 is 0 Å². The Bertz CT molecular complexity index is 556. The van der Waals surface area contributed by atoms with Gasteiger partial charge in [-0.25, -0.2) is 0 Å². The number of hydrogen-bond acceptors (Lipinski definition) is 4. The summed E-state index contributed by atoms with van der Waals surface area (Å²) in [5, 5.41) is 10.9. The van der Waals surface area contributed by atoms with E-state index in [0.717, 1.165) is 30.1 Å². The first kappa shape index (κ1) is 15.6. The number of carbonyl (C=O) groups is 1. The summed E-state index contributed by atoms with van der Waals surface area (Å²) in [6, 6.07) is 9.84. The highest BCUT2D eigenvalue weighted by Gasteiger charge is 2.08. The van der Waals surface area contributed by atoms with Crippen molar-refractivity contribution in [2.24, 2.45) is 0 Å². The largest absolute Gasteiger partial charge is 0.348 e. The summed E-state index contributed by atoms with van der Waals surface area (Å²) in [7, 11) is 0. The van der Waals surface area contributed by atoms with Gasteiger partial charge in [0.25, 0.3) is 0 Å². The first-order valence-corrected chi connectivity index (χ1v) is 8.25. The highest BCUT2D eigenvalue weighted by atomic mass is 32.2. The lowest BCUT2D eigenvalue weighted by Crippen LogP contribution is -2.26. The van der Waals surface area contributed by atoms with E-state index < -0.39 is 0 Å². The quantitative estimate of drug-likeness (QED) is 0.761. The number of benzene rings is 1. The lowest BCUT2D eigenvalue weighted by atomic mass is 10.3. The molecule has 1 aromatic heterocycles. The average Bonchev–Trinajstić information content (AvgIpc) is 2.99. The summed E-state index contributed by atoms with van der Waals surface area (Å²) in [6.45, 7) is 2.54. The van der Waals surface area contributed by atoms with E-state index in [1.54, 1.807) is 18.1 Å². The molecule has 1 heterocycles. The zero-order valence-corrected chi connectivity index (χ0v) is 13.0. The minimum absolute atomic E-state index is 0.0405. The molecule has 0 fully saturated rings. The van der Waals surface area contributed by atoms with Crippen molar-refractivity contribution in [3.8, 4) is 5.69 Å². The van der Waals surface area contributed by atoms with Crippen molar-refractivity contribution >= 4 is 17.7 Å². The van der Waals surface area contributed by atoms with Gasteiger partial charge >= 0.3 is 0 Å². The van der Waals surface area contributed by atoms with E-state index in [1.165, 1.54) is 0 Å². The van der Waals surface area contributed by atoms with Crippen LogP contribution in [-0.2, 0) is 11.3 Å². The maximum Gasteiger partial charge on any atom is 0.230 e. The summed E-state index contributed by atoms with van der Waals surface area (Å²) in [5.41, 5.74) is 0.990. The normalized spacial score (nSPS) is 10.5. The van der Waals surface area contributed by atoms with Crippen molar-refractivity contribution in [2.45, 2.75) is 26.3 Å². The van der Waals surface area contributed by atoms with Crippen molar-refractivity contribution in [3.63, 3.8) is 0 Å². The number of carbonyl (C=O) groups excluding carboxylic acids is 1. The second-order valence-corrected chi connectivity index (χ2v) is 5.74. The Labute approximate surface area is 129 Å². The fourth-order valence-corrected chi connectivity index (χ4v) is 2.75. The zero-order valence-electron chi connectivity index (χ0n) is 12.2. The predicted molar refractivity (Wildman–Crippen MR) is 85.4 cm³/mol. The van der Waals surface area contributed by atoms with Crippen LogP contribution in [0, 0.1) is 0 Å². The van der Waals surface area contributed by atoms with Gasteiger partial charge in [0.1, 0.15) is 6.33 Å². The average molecular weight is 304 g/mol. The van der Waals surface area contributed by atoms with E-state index in [-0.39, 0.29) is 5.91 Å². The molecule has 0 aliphatic carbocycles. The number of rotatable bonds is 8. The Hall–Kier alpha value is -1.82. The van der Waals surface area contributed by atoms with Crippen LogP contribution in [0.1, 0.15) is 25.6 Å². The number of unbranched alkanes of at least 4 members (excludes halogenated alkanes) is 1. The van der Waals surface area contributed by atoms with Gasteiger partial charge in [0, 0.05) is 5.69 Å². The molecule has 0 radical (unpaired) electrons. The van der Waals surface area contributed by atoms with Crippen LogP contribution < -0.4 is 5.32 Å². The molecule has 0 saturated heterocycles. The number of nitrogens with zero attached hydrogens (tertiary/aromatic N) is 3. The first-order chi connectivity index (χ1) is 10.3. The molecule has 0 atom stereocenters. The minimum Gasteiger partial charge on any atom is -0.348 e. The van der Waals surface area contributed by atoms with Gasteiger partial charge in [0.15, 0.2) is 5.82 Å². The summed E-state index contributed by atoms with van der Waals surface area (Å²) >= 11 is 1.67. The van der Waals surface area contributed by atoms with E-state index in [1.807, 2.05) is 34.9 Å². The molecule has 0 bridgehead atoms. The molecule has 0 spiro atoms. The molecule has 2 rings (SSSR count). The summed E-state index contributed by atoms with van der Waals surface area (Å²) < 4.78 is 1.88. The molecule has 1 aromatic carbocycles. The minimum atomic E-state index is 0.0405. The molecule has 5 nitrogen and oxygen atoms in total. The van der Waals surface area contributed by atoms with Gasteiger partial charge < -0.3 is 5.32 Å². The van der Waals surface area contributed by atoms with Crippen LogP contribution in [0.3, 0.4) is 0 Å². The fourth-order valence-electron chi connectivity index (χ4n) is 1.82. The molecule has 21 heavy (non-hydrogen) atoms. The molecule has 0 aliphatic rings. The Balaban J connectivity index is 1.84. The van der Waals surface area contributed by atoms with Crippen LogP contribution in [0.4, 0.5) is 0 Å². The van der Waals surface area contributed by atoms with E-state index in [0.29, 0.717) is 12.3 Å². The predicted octanol–water partition coefficient (Wildman–Crippen LogP) is 2.42. The second-order valence-electron chi connectivity index (χ2n) is 4.64. The van der Waals surface area contributed by atoms with Gasteiger partial charge in [0.05, 0.1) is 12.3 Å². The van der Waals surface area contributed by atoms with Crippen LogP contribution in [0.2, 0.25) is 0 Å². The molecular weight excluding hydrogens is 284 g/mol. The maximum absolute atomic E-state index is 11.8. The second kappa shape index (κ2) is 8.46. The smallest absolute Gasteiger partial charge is 0.230 e. The van der Waals surface area contributed by atoms with E-state index in [2.05, 4.69) is 22.4 Å². The van der Waals surface area contributed by atoms with Gasteiger partial charge in [-0.15, -0.1) is 10.2 Å². The Morgan fingerprint density at radius 1 is 1.33 bits per heavy atom. The van der Waals surface area contributed by atoms with Gasteiger partial charge in [-0.2, -0.15) is 11.8 Å². The molecule has 112 valence electrons. The van der Waals surface area contributed by atoms with Crippen molar-refractivity contribution < 1.29 is 4.79 Å². The van der Waals surface area contributed by atoms with Gasteiger partial charge in [-0.3, -0.25) is 9.36 Å². The number of aromatic nitrogens is 3. The number of para-hydroxylation sites is 1. The molecule has 6 heteroatoms. The SMILES string of the molecule is CCCCSCC(=O)NCc1nncn1-c1ccccc1. The van der Waals surface area contributed by atoms with Crippen molar-refractivity contribution in [1.29, 1.82) is 0 Å². The standard InChI is InChI=1S/C15H20N4OS/c1-2-3-9-21-11-15(20)16-10-14-18-17-12-19(14)13-7-5-4-6-8-13/h4-8,12H,2-3,9-11H2,1H3,(H,16,20). The lowest BCUT2D eigenvalue weighted by molar-refractivity contribution is -0.118. The maximum atomic E-state index is 11.8. The topological polar surface area (TPSA) is 59.8 Å². The molecule has 0 aliphatic heterocycles. The molecule has 0 unspecified atom stereocenters. The molecule has 1 N–H and O–H groups in total. The third-order valence-corrected chi connectivity index (χ3v) is 4.02.